The van der Waals surface area contributed by atoms with E-state index in [0.29, 0.717) is 22.0 Å². The van der Waals surface area contributed by atoms with Crippen LogP contribution in [-0.2, 0) is 9.59 Å². The lowest BCUT2D eigenvalue weighted by molar-refractivity contribution is -0.119. The summed E-state index contributed by atoms with van der Waals surface area (Å²) in [5.41, 5.74) is 2.17. The number of anilines is 2. The van der Waals surface area contributed by atoms with Crippen molar-refractivity contribution in [1.29, 1.82) is 0 Å². The molecule has 1 aromatic heterocycles. The molecule has 160 valence electrons. The Bertz CT molecular complexity index is 1170. The van der Waals surface area contributed by atoms with Gasteiger partial charge in [0.2, 0.25) is 11.8 Å². The number of para-hydroxylation sites is 1. The summed E-state index contributed by atoms with van der Waals surface area (Å²) in [6, 6.07) is 14.8. The highest BCUT2D eigenvalue weighted by molar-refractivity contribution is 6.30. The van der Waals surface area contributed by atoms with Gasteiger partial charge in [-0.3, -0.25) is 14.4 Å². The molecule has 0 saturated heterocycles. The maximum atomic E-state index is 13.0. The van der Waals surface area contributed by atoms with E-state index in [0.717, 1.165) is 10.2 Å². The van der Waals surface area contributed by atoms with Gasteiger partial charge < -0.3 is 10.6 Å². The van der Waals surface area contributed by atoms with Gasteiger partial charge in [0.05, 0.1) is 5.69 Å². The Balaban J connectivity index is 2.03. The van der Waals surface area contributed by atoms with E-state index in [4.69, 9.17) is 11.6 Å². The molecule has 0 radical (unpaired) electrons. The van der Waals surface area contributed by atoms with Crippen LogP contribution in [0, 0.1) is 6.92 Å². The molecule has 1 unspecified atom stereocenters. The van der Waals surface area contributed by atoms with E-state index in [-0.39, 0.29) is 18.0 Å². The Morgan fingerprint density at radius 1 is 1.06 bits per heavy atom. The zero-order valence-corrected chi connectivity index (χ0v) is 18.2. The lowest BCUT2D eigenvalue weighted by Crippen LogP contribution is -2.35. The van der Waals surface area contributed by atoms with Gasteiger partial charge in [-0.05, 0) is 43.7 Å². The zero-order chi connectivity index (χ0) is 22.5. The second-order valence-electron chi connectivity index (χ2n) is 7.08. The first-order valence-corrected chi connectivity index (χ1v) is 10.2. The standard InChI is InChI=1S/C23H23ClN4O3/c1-4-21(29)25-20-13-19(16-9-11-17(24)12-10-16)27-28(23(20)31)15(3)22(30)26-18-8-6-5-7-14(18)2/h5-13,15H,4H2,1-3H3,(H,25,29)(H,26,30). The van der Waals surface area contributed by atoms with Crippen molar-refractivity contribution in [3.63, 3.8) is 0 Å². The summed E-state index contributed by atoms with van der Waals surface area (Å²) in [6.07, 6.45) is 0.210. The number of nitrogens with one attached hydrogen (secondary N) is 2. The van der Waals surface area contributed by atoms with Crippen molar-refractivity contribution in [1.82, 2.24) is 9.78 Å². The average Bonchev–Trinajstić information content (AvgIpc) is 2.76. The molecule has 1 heterocycles. The van der Waals surface area contributed by atoms with E-state index < -0.39 is 17.5 Å². The summed E-state index contributed by atoms with van der Waals surface area (Å²) >= 11 is 5.97. The number of rotatable bonds is 6. The summed E-state index contributed by atoms with van der Waals surface area (Å²) in [4.78, 5) is 37.8. The van der Waals surface area contributed by atoms with E-state index in [9.17, 15) is 14.4 Å². The predicted molar refractivity (Wildman–Crippen MR) is 122 cm³/mol. The topological polar surface area (TPSA) is 93.1 Å². The fraction of sp³-hybridized carbons (Fsp3) is 0.217. The van der Waals surface area contributed by atoms with E-state index in [2.05, 4.69) is 15.7 Å². The molecule has 3 rings (SSSR count). The highest BCUT2D eigenvalue weighted by Crippen LogP contribution is 2.22. The number of benzene rings is 2. The van der Waals surface area contributed by atoms with Crippen LogP contribution in [0.3, 0.4) is 0 Å². The van der Waals surface area contributed by atoms with Crippen molar-refractivity contribution in [3.8, 4) is 11.3 Å². The molecule has 31 heavy (non-hydrogen) atoms. The molecule has 0 aliphatic carbocycles. The van der Waals surface area contributed by atoms with Crippen LogP contribution in [0.25, 0.3) is 11.3 Å². The zero-order valence-electron chi connectivity index (χ0n) is 17.5. The molecular formula is C23H23ClN4O3. The van der Waals surface area contributed by atoms with Crippen LogP contribution in [0.4, 0.5) is 11.4 Å². The molecule has 0 spiro atoms. The third kappa shape index (κ3) is 5.19. The van der Waals surface area contributed by atoms with Gasteiger partial charge in [-0.25, -0.2) is 4.68 Å². The predicted octanol–water partition coefficient (Wildman–Crippen LogP) is 4.42. The van der Waals surface area contributed by atoms with E-state index in [1.165, 1.54) is 6.07 Å². The number of carbonyl (C=O) groups is 2. The van der Waals surface area contributed by atoms with Crippen LogP contribution in [0.5, 0.6) is 0 Å². The normalized spacial score (nSPS) is 11.6. The molecule has 0 fully saturated rings. The molecule has 3 aromatic rings. The smallest absolute Gasteiger partial charge is 0.291 e. The lowest BCUT2D eigenvalue weighted by Gasteiger charge is -2.17. The maximum Gasteiger partial charge on any atom is 0.291 e. The van der Waals surface area contributed by atoms with E-state index in [1.54, 1.807) is 44.2 Å². The number of carbonyl (C=O) groups excluding carboxylic acids is 2. The quantitative estimate of drug-likeness (QED) is 0.595. The fourth-order valence-electron chi connectivity index (χ4n) is 2.93. The Kier molecular flexibility index (Phi) is 6.87. The first kappa shape index (κ1) is 22.2. The molecular weight excluding hydrogens is 416 g/mol. The highest BCUT2D eigenvalue weighted by atomic mass is 35.5. The van der Waals surface area contributed by atoms with Crippen molar-refractivity contribution in [3.05, 3.63) is 75.5 Å². The number of hydrogen-bond donors (Lipinski definition) is 2. The third-order valence-electron chi connectivity index (χ3n) is 4.82. The molecule has 0 aliphatic rings. The minimum Gasteiger partial charge on any atom is -0.324 e. The molecule has 2 N–H and O–H groups in total. The van der Waals surface area contributed by atoms with Crippen LogP contribution in [0.15, 0.2) is 59.4 Å². The van der Waals surface area contributed by atoms with Gasteiger partial charge in [-0.2, -0.15) is 5.10 Å². The Morgan fingerprint density at radius 2 is 1.74 bits per heavy atom. The van der Waals surface area contributed by atoms with Crippen molar-refractivity contribution >= 4 is 34.8 Å². The van der Waals surface area contributed by atoms with Crippen molar-refractivity contribution in [2.75, 3.05) is 10.6 Å². The monoisotopic (exact) mass is 438 g/mol. The van der Waals surface area contributed by atoms with Gasteiger partial charge in [0.25, 0.3) is 5.56 Å². The highest BCUT2D eigenvalue weighted by Gasteiger charge is 2.21. The SMILES string of the molecule is CCC(=O)Nc1cc(-c2ccc(Cl)cc2)nn(C(C)C(=O)Nc2ccccc2C)c1=O. The maximum absolute atomic E-state index is 13.0. The van der Waals surface area contributed by atoms with Crippen LogP contribution < -0.4 is 16.2 Å². The summed E-state index contributed by atoms with van der Waals surface area (Å²) in [6.45, 7) is 5.15. The molecule has 8 heteroatoms. The largest absolute Gasteiger partial charge is 0.324 e. The minimum absolute atomic E-state index is 0.0577. The Hall–Kier alpha value is -3.45. The molecule has 7 nitrogen and oxygen atoms in total. The summed E-state index contributed by atoms with van der Waals surface area (Å²) in [5.74, 6) is -0.709. The second kappa shape index (κ2) is 9.57. The van der Waals surface area contributed by atoms with Gasteiger partial charge in [0.15, 0.2) is 0 Å². The van der Waals surface area contributed by atoms with Crippen LogP contribution in [0.2, 0.25) is 5.02 Å². The number of aromatic nitrogens is 2. The molecule has 0 aliphatic heterocycles. The van der Waals surface area contributed by atoms with E-state index >= 15 is 0 Å². The fourth-order valence-corrected chi connectivity index (χ4v) is 3.05. The van der Waals surface area contributed by atoms with Gasteiger partial charge >= 0.3 is 0 Å². The lowest BCUT2D eigenvalue weighted by atomic mass is 10.1. The van der Waals surface area contributed by atoms with Gasteiger partial charge in [-0.15, -0.1) is 0 Å². The third-order valence-corrected chi connectivity index (χ3v) is 5.07. The van der Waals surface area contributed by atoms with Crippen LogP contribution >= 0.6 is 11.6 Å². The number of aryl methyl sites for hydroxylation is 1. The number of halogens is 1. The van der Waals surface area contributed by atoms with Gasteiger partial charge in [0, 0.05) is 22.7 Å². The average molecular weight is 439 g/mol. The van der Waals surface area contributed by atoms with Crippen molar-refractivity contribution in [2.45, 2.75) is 33.2 Å². The van der Waals surface area contributed by atoms with Gasteiger partial charge in [-0.1, -0.05) is 48.9 Å². The van der Waals surface area contributed by atoms with E-state index in [1.807, 2.05) is 25.1 Å². The molecule has 0 bridgehead atoms. The van der Waals surface area contributed by atoms with Gasteiger partial charge in [0.1, 0.15) is 11.7 Å². The summed E-state index contributed by atoms with van der Waals surface area (Å²) < 4.78 is 1.09. The minimum atomic E-state index is -0.920. The second-order valence-corrected chi connectivity index (χ2v) is 7.52. The Morgan fingerprint density at radius 3 is 2.39 bits per heavy atom. The molecule has 2 amide bonds. The summed E-state index contributed by atoms with van der Waals surface area (Å²) in [5, 5.41) is 10.4. The summed E-state index contributed by atoms with van der Waals surface area (Å²) in [7, 11) is 0. The van der Waals surface area contributed by atoms with Crippen LogP contribution in [0.1, 0.15) is 31.9 Å². The van der Waals surface area contributed by atoms with Crippen molar-refractivity contribution in [2.24, 2.45) is 0 Å². The molecule has 2 aromatic carbocycles. The molecule has 0 saturated carbocycles. The number of nitrogens with zero attached hydrogens (tertiary/aromatic N) is 2. The molecule has 1 atom stereocenters. The first-order chi connectivity index (χ1) is 14.8. The number of hydrogen-bond acceptors (Lipinski definition) is 4. The van der Waals surface area contributed by atoms with Crippen molar-refractivity contribution < 1.29 is 9.59 Å². The Labute approximate surface area is 185 Å². The first-order valence-electron chi connectivity index (χ1n) is 9.86. The van der Waals surface area contributed by atoms with Crippen LogP contribution in [-0.4, -0.2) is 21.6 Å². The number of amides is 2.